The van der Waals surface area contributed by atoms with Crippen molar-refractivity contribution < 1.29 is 8.42 Å². The van der Waals surface area contributed by atoms with Crippen LogP contribution in [0.15, 0.2) is 11.2 Å². The summed E-state index contributed by atoms with van der Waals surface area (Å²) >= 11 is 0. The molecule has 7 heteroatoms. The molecule has 6 nitrogen and oxygen atoms in total. The van der Waals surface area contributed by atoms with Crippen molar-refractivity contribution in [2.24, 2.45) is 0 Å². The number of aromatic nitrogens is 2. The molecule has 2 unspecified atom stereocenters. The van der Waals surface area contributed by atoms with Gasteiger partial charge in [0.05, 0.1) is 0 Å². The van der Waals surface area contributed by atoms with Gasteiger partial charge in [-0.05, 0) is 27.2 Å². The van der Waals surface area contributed by atoms with Crippen LogP contribution >= 0.6 is 0 Å². The van der Waals surface area contributed by atoms with Crippen molar-refractivity contribution in [3.05, 3.63) is 12.0 Å². The highest BCUT2D eigenvalue weighted by Gasteiger charge is 2.37. The van der Waals surface area contributed by atoms with Crippen LogP contribution in [0.2, 0.25) is 0 Å². The second kappa shape index (κ2) is 5.83. The molecule has 1 aliphatic heterocycles. The van der Waals surface area contributed by atoms with Gasteiger partial charge >= 0.3 is 0 Å². The van der Waals surface area contributed by atoms with Gasteiger partial charge in [-0.15, -0.1) is 0 Å². The Morgan fingerprint density at radius 2 is 1.95 bits per heavy atom. The largest absolute Gasteiger partial charge is 0.334 e. The Hall–Kier alpha value is -0.920. The third-order valence-corrected chi connectivity index (χ3v) is 5.71. The maximum Gasteiger partial charge on any atom is 0.262 e. The van der Waals surface area contributed by atoms with Gasteiger partial charge in [0.2, 0.25) is 0 Å². The summed E-state index contributed by atoms with van der Waals surface area (Å²) in [6.45, 7) is 9.91. The van der Waals surface area contributed by atoms with Gasteiger partial charge in [0.1, 0.15) is 5.82 Å². The van der Waals surface area contributed by atoms with E-state index in [1.54, 1.807) is 10.5 Å². The molecule has 1 N–H and O–H groups in total. The second-order valence-electron chi connectivity index (χ2n) is 5.51. The minimum absolute atomic E-state index is 0.0552. The maximum absolute atomic E-state index is 12.8. The molecule has 2 rings (SSSR count). The van der Waals surface area contributed by atoms with E-state index < -0.39 is 10.0 Å². The van der Waals surface area contributed by atoms with Crippen LogP contribution in [0, 0.1) is 6.92 Å². The lowest BCUT2D eigenvalue weighted by Gasteiger charge is -2.37. The first-order chi connectivity index (χ1) is 9.37. The number of hydrogen-bond donors (Lipinski definition) is 1. The molecule has 1 saturated heterocycles. The maximum atomic E-state index is 12.8. The number of nitrogens with one attached hydrogen (secondary N) is 1. The van der Waals surface area contributed by atoms with Gasteiger partial charge in [0, 0.05) is 37.9 Å². The van der Waals surface area contributed by atoms with Crippen molar-refractivity contribution >= 4 is 10.0 Å². The predicted molar refractivity (Wildman–Crippen MR) is 78.1 cm³/mol. The van der Waals surface area contributed by atoms with Crippen LogP contribution < -0.4 is 5.32 Å². The first kappa shape index (κ1) is 15.5. The quantitative estimate of drug-likeness (QED) is 0.900. The fourth-order valence-corrected chi connectivity index (χ4v) is 4.59. The molecular formula is C13H24N4O2S. The molecule has 0 aliphatic carbocycles. The number of piperazine rings is 1. The molecule has 0 saturated carbocycles. The van der Waals surface area contributed by atoms with E-state index in [1.165, 1.54) is 0 Å². The minimum atomic E-state index is -3.52. The molecule has 2 heterocycles. The van der Waals surface area contributed by atoms with E-state index in [0.717, 1.165) is 18.8 Å². The predicted octanol–water partition coefficient (Wildman–Crippen LogP) is 0.972. The summed E-state index contributed by atoms with van der Waals surface area (Å²) in [6, 6.07) is -0.110. The minimum Gasteiger partial charge on any atom is -0.334 e. The summed E-state index contributed by atoms with van der Waals surface area (Å²) in [4.78, 5) is 4.26. The summed E-state index contributed by atoms with van der Waals surface area (Å²) in [6.07, 6.45) is 2.62. The zero-order valence-electron chi connectivity index (χ0n) is 12.6. The molecular weight excluding hydrogens is 276 g/mol. The number of hydrogen-bond acceptors (Lipinski definition) is 4. The molecule has 20 heavy (non-hydrogen) atoms. The molecule has 0 aromatic carbocycles. The van der Waals surface area contributed by atoms with E-state index in [9.17, 15) is 8.42 Å². The molecule has 0 radical (unpaired) electrons. The zero-order valence-corrected chi connectivity index (χ0v) is 13.4. The van der Waals surface area contributed by atoms with Gasteiger partial charge in [-0.3, -0.25) is 0 Å². The average Bonchev–Trinajstić information content (AvgIpc) is 2.72. The number of nitrogens with zero attached hydrogens (tertiary/aromatic N) is 3. The van der Waals surface area contributed by atoms with Crippen molar-refractivity contribution in [1.29, 1.82) is 0 Å². The van der Waals surface area contributed by atoms with Gasteiger partial charge in [-0.25, -0.2) is 13.4 Å². The van der Waals surface area contributed by atoms with E-state index in [-0.39, 0.29) is 17.1 Å². The monoisotopic (exact) mass is 300 g/mol. The highest BCUT2D eigenvalue weighted by molar-refractivity contribution is 7.89. The van der Waals surface area contributed by atoms with Crippen LogP contribution in [0.3, 0.4) is 0 Å². The van der Waals surface area contributed by atoms with Crippen molar-refractivity contribution in [3.8, 4) is 0 Å². The lowest BCUT2D eigenvalue weighted by molar-refractivity contribution is 0.219. The average molecular weight is 300 g/mol. The molecule has 0 amide bonds. The van der Waals surface area contributed by atoms with Crippen molar-refractivity contribution in [2.75, 3.05) is 13.1 Å². The Balaban J connectivity index is 2.36. The van der Waals surface area contributed by atoms with Crippen LogP contribution in [0.25, 0.3) is 0 Å². The summed E-state index contributed by atoms with van der Waals surface area (Å²) < 4.78 is 29.1. The zero-order chi connectivity index (χ0) is 14.9. The number of aryl methyl sites for hydroxylation is 2. The third kappa shape index (κ3) is 2.75. The highest BCUT2D eigenvalue weighted by Crippen LogP contribution is 2.22. The third-order valence-electron chi connectivity index (χ3n) is 3.71. The fourth-order valence-electron chi connectivity index (χ4n) is 2.77. The number of imidazole rings is 1. The highest BCUT2D eigenvalue weighted by atomic mass is 32.2. The van der Waals surface area contributed by atoms with Crippen molar-refractivity contribution in [1.82, 2.24) is 19.2 Å². The van der Waals surface area contributed by atoms with E-state index in [0.29, 0.717) is 13.1 Å². The van der Waals surface area contributed by atoms with Crippen LogP contribution in [-0.2, 0) is 16.6 Å². The first-order valence-corrected chi connectivity index (χ1v) is 8.60. The SMILES string of the molecule is CCCn1cc(S(=O)(=O)N2C(C)CNCC2C)nc1C. The Bertz CT molecular complexity index is 557. The Morgan fingerprint density at radius 3 is 2.50 bits per heavy atom. The van der Waals surface area contributed by atoms with Crippen LogP contribution in [0.4, 0.5) is 0 Å². The van der Waals surface area contributed by atoms with Gasteiger partial charge in [-0.2, -0.15) is 4.31 Å². The molecule has 1 aromatic heterocycles. The van der Waals surface area contributed by atoms with E-state index in [4.69, 9.17) is 0 Å². The van der Waals surface area contributed by atoms with Crippen molar-refractivity contribution in [2.45, 2.75) is 57.8 Å². The lowest BCUT2D eigenvalue weighted by Crippen LogP contribution is -2.57. The Labute approximate surface area is 121 Å². The first-order valence-electron chi connectivity index (χ1n) is 7.16. The normalized spacial score (nSPS) is 25.0. The van der Waals surface area contributed by atoms with E-state index in [1.807, 2.05) is 25.3 Å². The Kier molecular flexibility index (Phi) is 4.51. The molecule has 1 aliphatic rings. The second-order valence-corrected chi connectivity index (χ2v) is 7.30. The summed E-state index contributed by atoms with van der Waals surface area (Å²) in [5.41, 5.74) is 0. The molecule has 1 aromatic rings. The van der Waals surface area contributed by atoms with Crippen molar-refractivity contribution in [3.63, 3.8) is 0 Å². The van der Waals surface area contributed by atoms with E-state index in [2.05, 4.69) is 17.2 Å². The molecule has 114 valence electrons. The fraction of sp³-hybridized carbons (Fsp3) is 0.769. The van der Waals surface area contributed by atoms with Crippen LogP contribution in [0.5, 0.6) is 0 Å². The molecule has 0 spiro atoms. The topological polar surface area (TPSA) is 67.2 Å². The van der Waals surface area contributed by atoms with Crippen LogP contribution in [-0.4, -0.2) is 47.4 Å². The summed E-state index contributed by atoms with van der Waals surface area (Å²) in [5.74, 6) is 0.751. The Morgan fingerprint density at radius 1 is 1.35 bits per heavy atom. The van der Waals surface area contributed by atoms with Gasteiger partial charge in [0.25, 0.3) is 10.0 Å². The lowest BCUT2D eigenvalue weighted by atomic mass is 10.2. The standard InChI is InChI=1S/C13H24N4O2S/c1-5-6-16-9-13(15-12(16)4)20(18,19)17-10(2)7-14-8-11(17)3/h9-11,14H,5-8H2,1-4H3. The molecule has 0 bridgehead atoms. The summed E-state index contributed by atoms with van der Waals surface area (Å²) in [5, 5.41) is 3.41. The van der Waals surface area contributed by atoms with Gasteiger partial charge in [0.15, 0.2) is 5.03 Å². The smallest absolute Gasteiger partial charge is 0.262 e. The van der Waals surface area contributed by atoms with E-state index >= 15 is 0 Å². The van der Waals surface area contributed by atoms with Gasteiger partial charge in [-0.1, -0.05) is 6.92 Å². The number of sulfonamides is 1. The molecule has 2 atom stereocenters. The molecule has 1 fully saturated rings. The summed E-state index contributed by atoms with van der Waals surface area (Å²) in [7, 11) is -3.52. The van der Waals surface area contributed by atoms with Crippen LogP contribution in [0.1, 0.15) is 33.0 Å². The van der Waals surface area contributed by atoms with Gasteiger partial charge < -0.3 is 9.88 Å². The number of rotatable bonds is 4.